The predicted molar refractivity (Wildman–Crippen MR) is 81.0 cm³/mol. The van der Waals surface area contributed by atoms with Crippen molar-refractivity contribution in [3.05, 3.63) is 0 Å². The highest BCUT2D eigenvalue weighted by Crippen LogP contribution is 2.10. The van der Waals surface area contributed by atoms with E-state index in [1.54, 1.807) is 20.8 Å². The minimum Gasteiger partial charge on any atom is -0.465 e. The molecule has 0 aromatic heterocycles. The summed E-state index contributed by atoms with van der Waals surface area (Å²) in [6.07, 6.45) is -2.93. The third-order valence-corrected chi connectivity index (χ3v) is 3.28. The van der Waals surface area contributed by atoms with Gasteiger partial charge in [0.05, 0.1) is 6.10 Å². The van der Waals surface area contributed by atoms with Gasteiger partial charge in [0.1, 0.15) is 11.6 Å². The number of nitrogens with zero attached hydrogens (tertiary/aromatic N) is 2. The van der Waals surface area contributed by atoms with Crippen molar-refractivity contribution >= 4 is 18.1 Å². The van der Waals surface area contributed by atoms with Crippen LogP contribution in [-0.4, -0.2) is 82.0 Å². The van der Waals surface area contributed by atoms with E-state index >= 15 is 0 Å². The van der Waals surface area contributed by atoms with Crippen molar-refractivity contribution < 1.29 is 29.3 Å². The monoisotopic (exact) mass is 331 g/mol. The summed E-state index contributed by atoms with van der Waals surface area (Å²) in [6.45, 7) is 7.28. The first-order chi connectivity index (χ1) is 10.5. The van der Waals surface area contributed by atoms with Crippen LogP contribution in [0.4, 0.5) is 9.59 Å². The molecule has 2 atom stereocenters. The molecule has 1 aliphatic rings. The molecule has 3 amide bonds. The summed E-state index contributed by atoms with van der Waals surface area (Å²) < 4.78 is 5.09. The van der Waals surface area contributed by atoms with Crippen molar-refractivity contribution in [1.29, 1.82) is 0 Å². The first-order valence-electron chi connectivity index (χ1n) is 7.45. The molecule has 1 saturated heterocycles. The van der Waals surface area contributed by atoms with Crippen molar-refractivity contribution in [2.24, 2.45) is 0 Å². The molecule has 9 nitrogen and oxygen atoms in total. The van der Waals surface area contributed by atoms with E-state index in [1.807, 2.05) is 0 Å². The number of aliphatic hydroxyl groups is 1. The van der Waals surface area contributed by atoms with Crippen LogP contribution in [0.1, 0.15) is 27.7 Å². The van der Waals surface area contributed by atoms with E-state index in [-0.39, 0.29) is 26.2 Å². The quantitative estimate of drug-likeness (QED) is 0.674. The van der Waals surface area contributed by atoms with Gasteiger partial charge in [-0.15, -0.1) is 0 Å². The number of carbonyl (C=O) groups is 3. The minimum absolute atomic E-state index is 0.194. The van der Waals surface area contributed by atoms with Crippen LogP contribution < -0.4 is 5.32 Å². The van der Waals surface area contributed by atoms with Gasteiger partial charge >= 0.3 is 12.2 Å². The molecule has 0 radical (unpaired) electrons. The fourth-order valence-corrected chi connectivity index (χ4v) is 2.14. The Balaban J connectivity index is 2.65. The predicted octanol–water partition coefficient (Wildman–Crippen LogP) is 0.0827. The fraction of sp³-hybridized carbons (Fsp3) is 0.786. The molecule has 23 heavy (non-hydrogen) atoms. The number of aliphatic hydroxyl groups excluding tert-OH is 1. The average Bonchev–Trinajstić information content (AvgIpc) is 2.42. The molecule has 0 spiro atoms. The average molecular weight is 331 g/mol. The van der Waals surface area contributed by atoms with Gasteiger partial charge in [-0.05, 0) is 27.7 Å². The standard InChI is InChI=1S/C14H25N3O6/c1-9(18)10(15-12(20)23-14(2,3)4)11(19)16-5-7-17(8-6-16)13(21)22/h9-10,18H,5-8H2,1-4H3,(H,15,20)(H,21,22)/t9-,10+/m1/s1. The zero-order valence-electron chi connectivity index (χ0n) is 13.9. The number of carboxylic acid groups (broad SMARTS) is 1. The van der Waals surface area contributed by atoms with Crippen LogP contribution >= 0.6 is 0 Å². The van der Waals surface area contributed by atoms with E-state index in [0.29, 0.717) is 0 Å². The number of amides is 3. The van der Waals surface area contributed by atoms with E-state index in [1.165, 1.54) is 16.7 Å². The van der Waals surface area contributed by atoms with Gasteiger partial charge in [0.25, 0.3) is 0 Å². The fourth-order valence-electron chi connectivity index (χ4n) is 2.14. The molecule has 1 fully saturated rings. The Bertz CT molecular complexity index is 452. The Labute approximate surface area is 135 Å². The highest BCUT2D eigenvalue weighted by atomic mass is 16.6. The number of ether oxygens (including phenoxy) is 1. The maximum Gasteiger partial charge on any atom is 0.408 e. The number of hydrogen-bond donors (Lipinski definition) is 3. The Hall–Kier alpha value is -2.03. The summed E-state index contributed by atoms with van der Waals surface area (Å²) in [6, 6.07) is -1.14. The van der Waals surface area contributed by atoms with Gasteiger partial charge in [0.15, 0.2) is 0 Å². The van der Waals surface area contributed by atoms with Crippen molar-refractivity contribution in [3.63, 3.8) is 0 Å². The van der Waals surface area contributed by atoms with Gasteiger partial charge in [-0.2, -0.15) is 0 Å². The highest BCUT2D eigenvalue weighted by Gasteiger charge is 2.33. The normalized spacial score (nSPS) is 18.1. The van der Waals surface area contributed by atoms with Crippen LogP contribution in [0.2, 0.25) is 0 Å². The first-order valence-corrected chi connectivity index (χ1v) is 7.45. The van der Waals surface area contributed by atoms with Crippen LogP contribution in [0.15, 0.2) is 0 Å². The Morgan fingerprint density at radius 3 is 1.96 bits per heavy atom. The summed E-state index contributed by atoms with van der Waals surface area (Å²) >= 11 is 0. The van der Waals surface area contributed by atoms with Gasteiger partial charge < -0.3 is 30.1 Å². The number of hydrogen-bond acceptors (Lipinski definition) is 5. The van der Waals surface area contributed by atoms with Gasteiger partial charge in [-0.3, -0.25) is 4.79 Å². The molecule has 0 bridgehead atoms. The van der Waals surface area contributed by atoms with Gasteiger partial charge in [-0.25, -0.2) is 9.59 Å². The second kappa shape index (κ2) is 7.49. The number of carbonyl (C=O) groups excluding carboxylic acids is 2. The molecule has 0 aliphatic carbocycles. The highest BCUT2D eigenvalue weighted by molar-refractivity contribution is 5.86. The largest absolute Gasteiger partial charge is 0.465 e. The van der Waals surface area contributed by atoms with Crippen molar-refractivity contribution in [2.75, 3.05) is 26.2 Å². The maximum atomic E-state index is 12.4. The summed E-state index contributed by atoms with van der Waals surface area (Å²) in [5, 5.41) is 21.0. The minimum atomic E-state index is -1.14. The Morgan fingerprint density at radius 2 is 1.57 bits per heavy atom. The Kier molecular flexibility index (Phi) is 6.20. The van der Waals surface area contributed by atoms with E-state index in [0.717, 1.165) is 0 Å². The lowest BCUT2D eigenvalue weighted by atomic mass is 10.1. The lowest BCUT2D eigenvalue weighted by Crippen LogP contribution is -2.58. The zero-order valence-corrected chi connectivity index (χ0v) is 13.9. The third kappa shape index (κ3) is 5.93. The molecule has 1 rings (SSSR count). The molecule has 9 heteroatoms. The topological polar surface area (TPSA) is 119 Å². The first kappa shape index (κ1) is 19.0. The Morgan fingerprint density at radius 1 is 1.09 bits per heavy atom. The van der Waals surface area contributed by atoms with E-state index in [4.69, 9.17) is 9.84 Å². The van der Waals surface area contributed by atoms with Crippen LogP contribution in [0.25, 0.3) is 0 Å². The summed E-state index contributed by atoms with van der Waals surface area (Å²) in [5.74, 6) is -0.462. The lowest BCUT2D eigenvalue weighted by molar-refractivity contribution is -0.137. The number of piperazine rings is 1. The van der Waals surface area contributed by atoms with Gasteiger partial charge in [-0.1, -0.05) is 0 Å². The van der Waals surface area contributed by atoms with Crippen molar-refractivity contribution in [1.82, 2.24) is 15.1 Å². The second-order valence-electron chi connectivity index (χ2n) is 6.46. The lowest BCUT2D eigenvalue weighted by Gasteiger charge is -2.36. The molecular formula is C14H25N3O6. The van der Waals surface area contributed by atoms with E-state index < -0.39 is 35.8 Å². The number of nitrogens with one attached hydrogen (secondary N) is 1. The van der Waals surface area contributed by atoms with Gasteiger partial charge in [0, 0.05) is 26.2 Å². The maximum absolute atomic E-state index is 12.4. The van der Waals surface area contributed by atoms with Gasteiger partial charge in [0.2, 0.25) is 5.91 Å². The van der Waals surface area contributed by atoms with Crippen molar-refractivity contribution in [3.8, 4) is 0 Å². The van der Waals surface area contributed by atoms with E-state index in [9.17, 15) is 19.5 Å². The molecule has 1 heterocycles. The summed E-state index contributed by atoms with van der Waals surface area (Å²) in [7, 11) is 0. The van der Waals surface area contributed by atoms with Crippen LogP contribution in [0.3, 0.4) is 0 Å². The molecule has 3 N–H and O–H groups in total. The summed E-state index contributed by atoms with van der Waals surface area (Å²) in [4.78, 5) is 37.7. The van der Waals surface area contributed by atoms with Crippen molar-refractivity contribution in [2.45, 2.75) is 45.4 Å². The summed E-state index contributed by atoms with van der Waals surface area (Å²) in [5.41, 5.74) is -0.719. The molecule has 0 unspecified atom stereocenters. The molecular weight excluding hydrogens is 306 g/mol. The van der Waals surface area contributed by atoms with Crippen LogP contribution in [0.5, 0.6) is 0 Å². The SMILES string of the molecule is C[C@@H](O)[C@H](NC(=O)OC(C)(C)C)C(=O)N1CCN(C(=O)O)CC1. The number of alkyl carbamates (subject to hydrolysis) is 1. The molecule has 0 saturated carbocycles. The van der Waals surface area contributed by atoms with Crippen LogP contribution in [0, 0.1) is 0 Å². The van der Waals surface area contributed by atoms with Crippen LogP contribution in [-0.2, 0) is 9.53 Å². The van der Waals surface area contributed by atoms with E-state index in [2.05, 4.69) is 5.32 Å². The molecule has 1 aliphatic heterocycles. The molecule has 132 valence electrons. The smallest absolute Gasteiger partial charge is 0.408 e. The number of rotatable bonds is 3. The third-order valence-electron chi connectivity index (χ3n) is 3.28. The zero-order chi connectivity index (χ0) is 17.8. The second-order valence-corrected chi connectivity index (χ2v) is 6.46. The molecule has 0 aromatic carbocycles. The molecule has 0 aromatic rings.